The van der Waals surface area contributed by atoms with Gasteiger partial charge in [-0.3, -0.25) is 4.79 Å². The van der Waals surface area contributed by atoms with Crippen LogP contribution in [-0.2, 0) is 17.8 Å². The molecule has 5 heteroatoms. The molecule has 1 aliphatic rings. The highest BCUT2D eigenvalue weighted by Crippen LogP contribution is 2.32. The van der Waals surface area contributed by atoms with Crippen molar-refractivity contribution in [3.05, 3.63) is 53.6 Å². The molecule has 0 saturated carbocycles. The highest BCUT2D eigenvalue weighted by atomic mass is 16.7. The van der Waals surface area contributed by atoms with Crippen molar-refractivity contribution in [1.82, 2.24) is 5.32 Å². The third-order valence-corrected chi connectivity index (χ3v) is 3.23. The quantitative estimate of drug-likeness (QED) is 0.901. The van der Waals surface area contributed by atoms with Crippen molar-refractivity contribution in [2.75, 3.05) is 6.79 Å². The van der Waals surface area contributed by atoms with E-state index in [0.29, 0.717) is 12.3 Å². The number of carbonyl (C=O) groups is 1. The molecule has 2 aromatic rings. The number of hydrogen-bond acceptors (Lipinski definition) is 4. The Morgan fingerprint density at radius 3 is 2.57 bits per heavy atom. The van der Waals surface area contributed by atoms with E-state index < -0.39 is 0 Å². The molecule has 3 rings (SSSR count). The third-order valence-electron chi connectivity index (χ3n) is 3.23. The van der Waals surface area contributed by atoms with Crippen LogP contribution >= 0.6 is 0 Å². The molecular weight excluding hydrogens is 270 g/mol. The first-order valence-corrected chi connectivity index (χ1v) is 6.64. The van der Waals surface area contributed by atoms with Crippen LogP contribution in [0.15, 0.2) is 42.5 Å². The summed E-state index contributed by atoms with van der Waals surface area (Å²) in [5.74, 6) is 1.56. The number of aromatic hydroxyl groups is 1. The topological polar surface area (TPSA) is 67.8 Å². The molecule has 0 spiro atoms. The van der Waals surface area contributed by atoms with Crippen LogP contribution in [0.2, 0.25) is 0 Å². The Hall–Kier alpha value is -2.69. The maximum Gasteiger partial charge on any atom is 0.231 e. The normalized spacial score (nSPS) is 12.2. The van der Waals surface area contributed by atoms with E-state index in [1.54, 1.807) is 24.3 Å². The van der Waals surface area contributed by atoms with Gasteiger partial charge in [0.05, 0.1) is 6.42 Å². The molecule has 0 atom stereocenters. The van der Waals surface area contributed by atoms with Crippen molar-refractivity contribution in [2.24, 2.45) is 0 Å². The highest BCUT2D eigenvalue weighted by Gasteiger charge is 2.13. The lowest BCUT2D eigenvalue weighted by atomic mass is 10.1. The van der Waals surface area contributed by atoms with E-state index in [1.165, 1.54) is 0 Å². The lowest BCUT2D eigenvalue weighted by Gasteiger charge is -2.06. The summed E-state index contributed by atoms with van der Waals surface area (Å²) >= 11 is 0. The van der Waals surface area contributed by atoms with Crippen LogP contribution in [0.5, 0.6) is 17.2 Å². The number of phenols is 1. The van der Waals surface area contributed by atoms with Crippen LogP contribution in [0.25, 0.3) is 0 Å². The van der Waals surface area contributed by atoms with Crippen LogP contribution in [0.1, 0.15) is 11.1 Å². The minimum atomic E-state index is -0.0710. The zero-order valence-corrected chi connectivity index (χ0v) is 11.3. The van der Waals surface area contributed by atoms with Crippen molar-refractivity contribution >= 4 is 5.91 Å². The Morgan fingerprint density at radius 2 is 1.76 bits per heavy atom. The van der Waals surface area contributed by atoms with Crippen LogP contribution in [0.3, 0.4) is 0 Å². The van der Waals surface area contributed by atoms with Crippen LogP contribution in [-0.4, -0.2) is 17.8 Å². The number of rotatable bonds is 4. The second kappa shape index (κ2) is 5.75. The van der Waals surface area contributed by atoms with Gasteiger partial charge in [-0.1, -0.05) is 18.2 Å². The van der Waals surface area contributed by atoms with Gasteiger partial charge in [0, 0.05) is 6.54 Å². The monoisotopic (exact) mass is 285 g/mol. The van der Waals surface area contributed by atoms with E-state index in [9.17, 15) is 9.90 Å². The summed E-state index contributed by atoms with van der Waals surface area (Å²) in [6, 6.07) is 12.2. The van der Waals surface area contributed by atoms with Gasteiger partial charge in [-0.25, -0.2) is 0 Å². The van der Waals surface area contributed by atoms with Gasteiger partial charge in [-0.2, -0.15) is 0 Å². The smallest absolute Gasteiger partial charge is 0.231 e. The average molecular weight is 285 g/mol. The van der Waals surface area contributed by atoms with Gasteiger partial charge in [-0.15, -0.1) is 0 Å². The minimum absolute atomic E-state index is 0.0710. The number of amides is 1. The average Bonchev–Trinajstić information content (AvgIpc) is 2.95. The zero-order valence-electron chi connectivity index (χ0n) is 11.3. The van der Waals surface area contributed by atoms with Gasteiger partial charge in [0.1, 0.15) is 5.75 Å². The summed E-state index contributed by atoms with van der Waals surface area (Å²) in [5.41, 5.74) is 1.81. The number of phenolic OH excluding ortho intramolecular Hbond substituents is 1. The standard InChI is InChI=1S/C16H15NO4/c18-13-4-1-11(2-5-13)8-16(19)17-9-12-3-6-14-15(7-12)21-10-20-14/h1-7,18H,8-10H2,(H,17,19). The fourth-order valence-corrected chi connectivity index (χ4v) is 2.11. The molecule has 0 aromatic heterocycles. The van der Waals surface area contributed by atoms with Gasteiger partial charge in [0.15, 0.2) is 11.5 Å². The first-order chi connectivity index (χ1) is 10.2. The van der Waals surface area contributed by atoms with Gasteiger partial charge >= 0.3 is 0 Å². The predicted octanol–water partition coefficient (Wildman–Crippen LogP) is 1.98. The number of nitrogens with one attached hydrogen (secondary N) is 1. The summed E-state index contributed by atoms with van der Waals surface area (Å²) in [7, 11) is 0. The van der Waals surface area contributed by atoms with Gasteiger partial charge < -0.3 is 19.9 Å². The Morgan fingerprint density at radius 1 is 1.05 bits per heavy atom. The minimum Gasteiger partial charge on any atom is -0.508 e. The van der Waals surface area contributed by atoms with E-state index in [1.807, 2.05) is 18.2 Å². The number of hydrogen-bond donors (Lipinski definition) is 2. The Labute approximate surface area is 122 Å². The van der Waals surface area contributed by atoms with Crippen molar-refractivity contribution in [3.8, 4) is 17.2 Å². The fraction of sp³-hybridized carbons (Fsp3) is 0.188. The van der Waals surface area contributed by atoms with E-state index in [-0.39, 0.29) is 24.9 Å². The largest absolute Gasteiger partial charge is 0.508 e. The van der Waals surface area contributed by atoms with Crippen molar-refractivity contribution in [3.63, 3.8) is 0 Å². The molecule has 2 aromatic carbocycles. The summed E-state index contributed by atoms with van der Waals surface area (Å²) in [6.07, 6.45) is 0.283. The Balaban J connectivity index is 1.55. The number of benzene rings is 2. The van der Waals surface area contributed by atoms with Crippen molar-refractivity contribution < 1.29 is 19.4 Å². The molecule has 0 bridgehead atoms. The van der Waals surface area contributed by atoms with Crippen LogP contribution in [0, 0.1) is 0 Å². The maximum absolute atomic E-state index is 11.9. The molecule has 1 heterocycles. The van der Waals surface area contributed by atoms with Gasteiger partial charge in [0.25, 0.3) is 0 Å². The predicted molar refractivity (Wildman–Crippen MR) is 76.2 cm³/mol. The lowest BCUT2D eigenvalue weighted by Crippen LogP contribution is -2.24. The number of carbonyl (C=O) groups excluding carboxylic acids is 1. The van der Waals surface area contributed by atoms with E-state index in [4.69, 9.17) is 9.47 Å². The molecule has 0 fully saturated rings. The number of ether oxygens (including phenoxy) is 2. The molecule has 1 aliphatic heterocycles. The van der Waals surface area contributed by atoms with Crippen molar-refractivity contribution in [1.29, 1.82) is 0 Å². The molecule has 0 aliphatic carbocycles. The SMILES string of the molecule is O=C(Cc1ccc(O)cc1)NCc1ccc2c(c1)OCO2. The third kappa shape index (κ3) is 3.25. The van der Waals surface area contributed by atoms with Crippen LogP contribution in [0.4, 0.5) is 0 Å². The molecular formula is C16H15NO4. The highest BCUT2D eigenvalue weighted by molar-refractivity contribution is 5.78. The van der Waals surface area contributed by atoms with Crippen LogP contribution < -0.4 is 14.8 Å². The maximum atomic E-state index is 11.9. The first-order valence-electron chi connectivity index (χ1n) is 6.64. The molecule has 0 radical (unpaired) electrons. The summed E-state index contributed by atoms with van der Waals surface area (Å²) in [5, 5.41) is 12.1. The molecule has 2 N–H and O–H groups in total. The summed E-state index contributed by atoms with van der Waals surface area (Å²) in [6.45, 7) is 0.680. The second-order valence-electron chi connectivity index (χ2n) is 4.81. The fourth-order valence-electron chi connectivity index (χ4n) is 2.11. The van der Waals surface area contributed by atoms with E-state index >= 15 is 0 Å². The summed E-state index contributed by atoms with van der Waals surface area (Å²) < 4.78 is 10.5. The Kier molecular flexibility index (Phi) is 3.64. The van der Waals surface area contributed by atoms with Crippen molar-refractivity contribution in [2.45, 2.75) is 13.0 Å². The molecule has 21 heavy (non-hydrogen) atoms. The first kappa shape index (κ1) is 13.3. The lowest BCUT2D eigenvalue weighted by molar-refractivity contribution is -0.120. The van der Waals surface area contributed by atoms with E-state index in [0.717, 1.165) is 16.9 Å². The Bertz CT molecular complexity index is 652. The van der Waals surface area contributed by atoms with Gasteiger partial charge in [-0.05, 0) is 35.4 Å². The zero-order chi connectivity index (χ0) is 14.7. The molecule has 1 amide bonds. The van der Waals surface area contributed by atoms with E-state index in [2.05, 4.69) is 5.32 Å². The molecule has 5 nitrogen and oxygen atoms in total. The second-order valence-corrected chi connectivity index (χ2v) is 4.81. The molecule has 108 valence electrons. The molecule has 0 unspecified atom stereocenters. The van der Waals surface area contributed by atoms with Gasteiger partial charge in [0.2, 0.25) is 12.7 Å². The summed E-state index contributed by atoms with van der Waals surface area (Å²) in [4.78, 5) is 11.9. The number of fused-ring (bicyclic) bond motifs is 1. The molecule has 0 saturated heterocycles.